The van der Waals surface area contributed by atoms with Crippen LogP contribution < -0.4 is 10.2 Å². The van der Waals surface area contributed by atoms with Crippen molar-refractivity contribution in [1.82, 2.24) is 4.98 Å². The van der Waals surface area contributed by atoms with E-state index in [2.05, 4.69) is 26.2 Å². The molecule has 0 saturated carbocycles. The fourth-order valence-corrected chi connectivity index (χ4v) is 3.92. The second-order valence-corrected chi connectivity index (χ2v) is 7.18. The van der Waals surface area contributed by atoms with Crippen LogP contribution in [0.2, 0.25) is 0 Å². The molecular formula is C16H14BrN3O3S. The number of nitrogens with zero attached hydrogens (tertiary/aromatic N) is 2. The number of halogens is 1. The summed E-state index contributed by atoms with van der Waals surface area (Å²) in [5.41, 5.74) is 1.60. The van der Waals surface area contributed by atoms with Crippen molar-refractivity contribution in [2.75, 3.05) is 10.2 Å². The van der Waals surface area contributed by atoms with Crippen molar-refractivity contribution in [2.45, 2.75) is 26.3 Å². The van der Waals surface area contributed by atoms with E-state index in [1.165, 1.54) is 16.2 Å². The molecule has 3 rings (SSSR count). The minimum absolute atomic E-state index is 0.326. The van der Waals surface area contributed by atoms with Crippen molar-refractivity contribution >= 4 is 55.7 Å². The van der Waals surface area contributed by atoms with Gasteiger partial charge in [0.25, 0.3) is 11.7 Å². The maximum atomic E-state index is 12.6. The van der Waals surface area contributed by atoms with Crippen molar-refractivity contribution in [1.29, 1.82) is 0 Å². The fourth-order valence-electron chi connectivity index (χ4n) is 2.81. The van der Waals surface area contributed by atoms with Gasteiger partial charge in [-0.15, -0.1) is 11.3 Å². The Bertz CT molecular complexity index is 835. The molecule has 6 nitrogen and oxygen atoms in total. The average molecular weight is 408 g/mol. The Hall–Kier alpha value is -2.06. The van der Waals surface area contributed by atoms with Crippen LogP contribution in [0.3, 0.4) is 0 Å². The van der Waals surface area contributed by atoms with Gasteiger partial charge in [0.2, 0.25) is 5.91 Å². The molecule has 1 atom stereocenters. The average Bonchev–Trinajstić information content (AvgIpc) is 3.11. The normalized spacial score (nSPS) is 14.7. The van der Waals surface area contributed by atoms with Crippen LogP contribution in [0.15, 0.2) is 28.2 Å². The van der Waals surface area contributed by atoms with Gasteiger partial charge in [-0.1, -0.05) is 22.9 Å². The van der Waals surface area contributed by atoms with Crippen LogP contribution in [0.25, 0.3) is 0 Å². The minimum Gasteiger partial charge on any atom is -0.300 e. The molecule has 2 amide bonds. The molecule has 1 aromatic carbocycles. The second kappa shape index (κ2) is 6.45. The first-order valence-electron chi connectivity index (χ1n) is 7.32. The van der Waals surface area contributed by atoms with Gasteiger partial charge in [0.05, 0.1) is 11.3 Å². The molecule has 24 heavy (non-hydrogen) atoms. The highest BCUT2D eigenvalue weighted by molar-refractivity contribution is 9.10. The molecule has 1 unspecified atom stereocenters. The van der Waals surface area contributed by atoms with E-state index < -0.39 is 17.7 Å². The van der Waals surface area contributed by atoms with Crippen LogP contribution in [-0.2, 0) is 9.59 Å². The predicted molar refractivity (Wildman–Crippen MR) is 95.5 cm³/mol. The van der Waals surface area contributed by atoms with Crippen LogP contribution in [0.1, 0.15) is 29.3 Å². The number of fused-ring (bicyclic) bond motifs is 1. The maximum Gasteiger partial charge on any atom is 0.300 e. The molecule has 1 aliphatic heterocycles. The van der Waals surface area contributed by atoms with E-state index in [1.54, 1.807) is 24.6 Å². The van der Waals surface area contributed by atoms with Gasteiger partial charge >= 0.3 is 0 Å². The summed E-state index contributed by atoms with van der Waals surface area (Å²) in [5, 5.41) is 4.91. The van der Waals surface area contributed by atoms with E-state index in [0.29, 0.717) is 22.8 Å². The number of hydrogen-bond donors (Lipinski definition) is 1. The highest BCUT2D eigenvalue weighted by Gasteiger charge is 2.43. The molecule has 1 aliphatic rings. The minimum atomic E-state index is -0.772. The summed E-state index contributed by atoms with van der Waals surface area (Å²) < 4.78 is 0.724. The number of nitrogens with one attached hydrogen (secondary N) is 1. The molecule has 1 N–H and O–H groups in total. The number of carbonyl (C=O) groups is 3. The highest BCUT2D eigenvalue weighted by atomic mass is 79.9. The summed E-state index contributed by atoms with van der Waals surface area (Å²) in [6.45, 7) is 3.62. The number of anilines is 2. The van der Waals surface area contributed by atoms with Gasteiger partial charge in [-0.25, -0.2) is 4.98 Å². The third-order valence-electron chi connectivity index (χ3n) is 3.83. The molecule has 2 aromatic rings. The van der Waals surface area contributed by atoms with Crippen molar-refractivity contribution in [3.8, 4) is 0 Å². The lowest BCUT2D eigenvalue weighted by atomic mass is 10.1. The number of amides is 2. The summed E-state index contributed by atoms with van der Waals surface area (Å²) >= 11 is 4.63. The number of Topliss-reactive ketones (excluding diaryl/α,β-unsaturated/α-hetero) is 1. The summed E-state index contributed by atoms with van der Waals surface area (Å²) in [6, 6.07) is 2.67. The first-order valence-corrected chi connectivity index (χ1v) is 8.99. The quantitative estimate of drug-likeness (QED) is 0.789. The van der Waals surface area contributed by atoms with Gasteiger partial charge < -0.3 is 5.32 Å². The Kier molecular flexibility index (Phi) is 4.51. The number of thiazole rings is 1. The first-order chi connectivity index (χ1) is 11.4. The number of benzene rings is 1. The Morgan fingerprint density at radius 3 is 2.79 bits per heavy atom. The molecule has 0 radical (unpaired) electrons. The number of aromatic nitrogens is 1. The largest absolute Gasteiger partial charge is 0.300 e. The number of aryl methyl sites for hydroxylation is 1. The van der Waals surface area contributed by atoms with E-state index in [1.807, 2.05) is 13.0 Å². The zero-order chi connectivity index (χ0) is 17.4. The highest BCUT2D eigenvalue weighted by Crippen LogP contribution is 2.37. The standard InChI is InChI=1S/C16H14BrN3O3S/c1-3-11(14(22)19-16-18-4-5-24-16)20-12-8(2)6-9(17)7-10(12)13(21)15(20)23/h4-7,11H,3H2,1-2H3,(H,18,19,22). The number of hydrogen-bond acceptors (Lipinski definition) is 5. The molecule has 0 bridgehead atoms. The fraction of sp³-hybridized carbons (Fsp3) is 0.250. The number of rotatable bonds is 4. The maximum absolute atomic E-state index is 12.6. The van der Waals surface area contributed by atoms with Crippen LogP contribution in [0.5, 0.6) is 0 Å². The molecule has 8 heteroatoms. The molecular weight excluding hydrogens is 394 g/mol. The SMILES string of the molecule is CCC(C(=O)Nc1nccs1)N1C(=O)C(=O)c2cc(Br)cc(C)c21. The van der Waals surface area contributed by atoms with E-state index in [9.17, 15) is 14.4 Å². The molecule has 124 valence electrons. The van der Waals surface area contributed by atoms with Gasteiger partial charge in [-0.05, 0) is 31.0 Å². The summed E-state index contributed by atoms with van der Waals surface area (Å²) in [7, 11) is 0. The summed E-state index contributed by atoms with van der Waals surface area (Å²) in [6.07, 6.45) is 1.97. The van der Waals surface area contributed by atoms with Crippen molar-refractivity contribution in [3.05, 3.63) is 39.3 Å². The molecule has 2 heterocycles. The summed E-state index contributed by atoms with van der Waals surface area (Å²) in [4.78, 5) is 42.8. The second-order valence-electron chi connectivity index (χ2n) is 5.37. The predicted octanol–water partition coefficient (Wildman–Crippen LogP) is 3.16. The lowest BCUT2D eigenvalue weighted by Gasteiger charge is -2.26. The van der Waals surface area contributed by atoms with Crippen LogP contribution >= 0.6 is 27.3 Å². The Labute approximate surface area is 151 Å². The third-order valence-corrected chi connectivity index (χ3v) is 4.97. The van der Waals surface area contributed by atoms with Gasteiger partial charge in [0.15, 0.2) is 5.13 Å². The van der Waals surface area contributed by atoms with E-state index in [4.69, 9.17) is 0 Å². The van der Waals surface area contributed by atoms with Gasteiger partial charge in [0, 0.05) is 16.0 Å². The zero-order valence-electron chi connectivity index (χ0n) is 13.0. The van der Waals surface area contributed by atoms with Crippen LogP contribution in [-0.4, -0.2) is 28.6 Å². The van der Waals surface area contributed by atoms with Crippen molar-refractivity contribution < 1.29 is 14.4 Å². The van der Waals surface area contributed by atoms with Crippen molar-refractivity contribution in [3.63, 3.8) is 0 Å². The van der Waals surface area contributed by atoms with Gasteiger partial charge in [-0.2, -0.15) is 0 Å². The lowest BCUT2D eigenvalue weighted by Crippen LogP contribution is -2.46. The Morgan fingerprint density at radius 2 is 2.17 bits per heavy atom. The molecule has 0 saturated heterocycles. The van der Waals surface area contributed by atoms with Crippen LogP contribution in [0, 0.1) is 6.92 Å². The lowest BCUT2D eigenvalue weighted by molar-refractivity contribution is -0.121. The number of carbonyl (C=O) groups excluding carboxylic acids is 3. The van der Waals surface area contributed by atoms with Gasteiger partial charge in [0.1, 0.15) is 6.04 Å². The topological polar surface area (TPSA) is 79.4 Å². The van der Waals surface area contributed by atoms with Crippen molar-refractivity contribution in [2.24, 2.45) is 0 Å². The van der Waals surface area contributed by atoms with Crippen LogP contribution in [0.4, 0.5) is 10.8 Å². The number of ketones is 1. The Balaban J connectivity index is 2.00. The smallest absolute Gasteiger partial charge is 0.300 e. The monoisotopic (exact) mass is 407 g/mol. The van der Waals surface area contributed by atoms with E-state index >= 15 is 0 Å². The zero-order valence-corrected chi connectivity index (χ0v) is 15.4. The molecule has 0 fully saturated rings. The Morgan fingerprint density at radius 1 is 1.42 bits per heavy atom. The van der Waals surface area contributed by atoms with Gasteiger partial charge in [-0.3, -0.25) is 19.3 Å². The molecule has 0 aliphatic carbocycles. The third kappa shape index (κ3) is 2.76. The first kappa shape index (κ1) is 16.8. The summed E-state index contributed by atoms with van der Waals surface area (Å²) in [5.74, 6) is -1.62. The van der Waals surface area contributed by atoms with E-state index in [0.717, 1.165) is 10.0 Å². The molecule has 0 spiro atoms. The molecule has 1 aromatic heterocycles. The van der Waals surface area contributed by atoms with E-state index in [-0.39, 0.29) is 5.91 Å².